The fourth-order valence-electron chi connectivity index (χ4n) is 1.76. The van der Waals surface area contributed by atoms with Gasteiger partial charge in [0, 0.05) is 6.20 Å². The average Bonchev–Trinajstić information content (AvgIpc) is 3.18. The van der Waals surface area contributed by atoms with E-state index in [9.17, 15) is 18.0 Å². The Labute approximate surface area is 118 Å². The zero-order chi connectivity index (χ0) is 14.9. The maximum atomic E-state index is 12.4. The van der Waals surface area contributed by atoms with E-state index in [2.05, 4.69) is 10.3 Å². The SMILES string of the molecule is NC(=S)C(NC(=O)c1ccc(C(F)(F)F)cn1)C1CC1. The molecule has 1 amide bonds. The Morgan fingerprint density at radius 2 is 2.10 bits per heavy atom. The molecule has 1 unspecified atom stereocenters. The minimum absolute atomic E-state index is 0.0973. The molecule has 2 rings (SSSR count). The summed E-state index contributed by atoms with van der Waals surface area (Å²) in [6.07, 6.45) is -2.01. The number of aromatic nitrogens is 1. The Morgan fingerprint density at radius 1 is 1.45 bits per heavy atom. The van der Waals surface area contributed by atoms with E-state index >= 15 is 0 Å². The number of nitrogens with zero attached hydrogens (tertiary/aromatic N) is 1. The summed E-state index contributed by atoms with van der Waals surface area (Å²) in [6.45, 7) is 0. The molecular weight excluding hydrogens is 291 g/mol. The number of amides is 1. The van der Waals surface area contributed by atoms with Crippen LogP contribution in [0.2, 0.25) is 0 Å². The Kier molecular flexibility index (Phi) is 3.94. The summed E-state index contributed by atoms with van der Waals surface area (Å²) in [4.78, 5) is 15.6. The third kappa shape index (κ3) is 3.44. The van der Waals surface area contributed by atoms with Crippen LogP contribution in [-0.4, -0.2) is 21.9 Å². The molecule has 3 N–H and O–H groups in total. The molecule has 108 valence electrons. The van der Waals surface area contributed by atoms with Gasteiger partial charge in [0.05, 0.1) is 16.6 Å². The summed E-state index contributed by atoms with van der Waals surface area (Å²) >= 11 is 4.87. The molecule has 0 spiro atoms. The molecule has 0 aliphatic heterocycles. The number of carbonyl (C=O) groups is 1. The van der Waals surface area contributed by atoms with Crippen molar-refractivity contribution in [2.75, 3.05) is 0 Å². The van der Waals surface area contributed by atoms with Gasteiger partial charge in [0.25, 0.3) is 5.91 Å². The van der Waals surface area contributed by atoms with Crippen molar-refractivity contribution in [3.05, 3.63) is 29.6 Å². The maximum absolute atomic E-state index is 12.4. The zero-order valence-electron chi connectivity index (χ0n) is 10.3. The van der Waals surface area contributed by atoms with Gasteiger partial charge < -0.3 is 11.1 Å². The number of alkyl halides is 3. The third-order valence-electron chi connectivity index (χ3n) is 3.01. The molecule has 1 aromatic heterocycles. The second-order valence-electron chi connectivity index (χ2n) is 4.62. The second kappa shape index (κ2) is 5.35. The highest BCUT2D eigenvalue weighted by molar-refractivity contribution is 7.80. The molecule has 1 fully saturated rings. The fourth-order valence-corrected chi connectivity index (χ4v) is 2.01. The van der Waals surface area contributed by atoms with Crippen LogP contribution in [0.3, 0.4) is 0 Å². The van der Waals surface area contributed by atoms with E-state index in [0.717, 1.165) is 25.0 Å². The number of hydrogen-bond acceptors (Lipinski definition) is 3. The minimum Gasteiger partial charge on any atom is -0.392 e. The van der Waals surface area contributed by atoms with Gasteiger partial charge >= 0.3 is 6.18 Å². The van der Waals surface area contributed by atoms with Crippen molar-refractivity contribution in [3.63, 3.8) is 0 Å². The third-order valence-corrected chi connectivity index (χ3v) is 3.26. The zero-order valence-corrected chi connectivity index (χ0v) is 11.1. The van der Waals surface area contributed by atoms with Crippen molar-refractivity contribution in [2.45, 2.75) is 25.1 Å². The quantitative estimate of drug-likeness (QED) is 0.834. The van der Waals surface area contributed by atoms with Gasteiger partial charge in [-0.1, -0.05) is 12.2 Å². The van der Waals surface area contributed by atoms with E-state index in [1.165, 1.54) is 0 Å². The molecule has 1 aliphatic rings. The molecule has 4 nitrogen and oxygen atoms in total. The van der Waals surface area contributed by atoms with Gasteiger partial charge in [0.15, 0.2) is 0 Å². The van der Waals surface area contributed by atoms with Crippen molar-refractivity contribution in [1.29, 1.82) is 0 Å². The second-order valence-corrected chi connectivity index (χ2v) is 5.09. The van der Waals surface area contributed by atoms with Gasteiger partial charge in [-0.3, -0.25) is 9.78 Å². The molecule has 0 radical (unpaired) electrons. The molecule has 1 saturated carbocycles. The van der Waals surface area contributed by atoms with Crippen LogP contribution in [0, 0.1) is 5.92 Å². The molecular formula is C12H12F3N3OS. The molecule has 0 saturated heterocycles. The van der Waals surface area contributed by atoms with Gasteiger partial charge in [-0.25, -0.2) is 0 Å². The van der Waals surface area contributed by atoms with E-state index in [1.54, 1.807) is 0 Å². The monoisotopic (exact) mass is 303 g/mol. The van der Waals surface area contributed by atoms with E-state index in [-0.39, 0.29) is 16.6 Å². The Morgan fingerprint density at radius 3 is 2.50 bits per heavy atom. The van der Waals surface area contributed by atoms with E-state index in [0.29, 0.717) is 6.20 Å². The summed E-state index contributed by atoms with van der Waals surface area (Å²) in [5, 5.41) is 2.60. The predicted molar refractivity (Wildman–Crippen MR) is 70.0 cm³/mol. The van der Waals surface area contributed by atoms with E-state index in [4.69, 9.17) is 18.0 Å². The Balaban J connectivity index is 2.07. The van der Waals surface area contributed by atoms with Crippen LogP contribution in [-0.2, 0) is 6.18 Å². The number of thiocarbonyl (C=S) groups is 1. The lowest BCUT2D eigenvalue weighted by atomic mass is 10.1. The highest BCUT2D eigenvalue weighted by atomic mass is 32.1. The largest absolute Gasteiger partial charge is 0.417 e. The summed E-state index contributed by atoms with van der Waals surface area (Å²) in [7, 11) is 0. The summed E-state index contributed by atoms with van der Waals surface area (Å²) in [6, 6.07) is 1.41. The number of hydrogen-bond donors (Lipinski definition) is 2. The van der Waals surface area contributed by atoms with Crippen molar-refractivity contribution < 1.29 is 18.0 Å². The van der Waals surface area contributed by atoms with Gasteiger partial charge in [-0.15, -0.1) is 0 Å². The first-order valence-electron chi connectivity index (χ1n) is 5.92. The van der Waals surface area contributed by atoms with Crippen LogP contribution in [0.15, 0.2) is 18.3 Å². The highest BCUT2D eigenvalue weighted by Crippen LogP contribution is 2.33. The van der Waals surface area contributed by atoms with Gasteiger partial charge in [-0.2, -0.15) is 13.2 Å². The maximum Gasteiger partial charge on any atom is 0.417 e. The lowest BCUT2D eigenvalue weighted by Crippen LogP contribution is -2.45. The number of nitrogens with one attached hydrogen (secondary N) is 1. The first kappa shape index (κ1) is 14.7. The molecule has 20 heavy (non-hydrogen) atoms. The number of nitrogens with two attached hydrogens (primary N) is 1. The number of carbonyl (C=O) groups excluding carboxylic acids is 1. The standard InChI is InChI=1S/C12H12F3N3OS/c13-12(14,15)7-3-4-8(17-5-7)11(19)18-9(10(16)20)6-1-2-6/h3-6,9H,1-2H2,(H2,16,20)(H,18,19). The van der Waals surface area contributed by atoms with Gasteiger partial charge in [-0.05, 0) is 30.9 Å². The molecule has 0 bridgehead atoms. The summed E-state index contributed by atoms with van der Waals surface area (Å²) in [5.74, 6) is -0.366. The molecule has 1 aliphatic carbocycles. The smallest absolute Gasteiger partial charge is 0.392 e. The molecule has 8 heteroatoms. The first-order valence-corrected chi connectivity index (χ1v) is 6.33. The van der Waals surface area contributed by atoms with Crippen LogP contribution in [0.4, 0.5) is 13.2 Å². The summed E-state index contributed by atoms with van der Waals surface area (Å²) in [5.41, 5.74) is 4.53. The minimum atomic E-state index is -4.47. The van der Waals surface area contributed by atoms with Crippen LogP contribution >= 0.6 is 12.2 Å². The highest BCUT2D eigenvalue weighted by Gasteiger charge is 2.35. The van der Waals surface area contributed by atoms with E-state index in [1.807, 2.05) is 0 Å². The predicted octanol–water partition coefficient (Wildman–Crippen LogP) is 1.89. The fraction of sp³-hybridized carbons (Fsp3) is 0.417. The van der Waals surface area contributed by atoms with Crippen LogP contribution in [0.25, 0.3) is 0 Å². The number of halogens is 3. The average molecular weight is 303 g/mol. The first-order chi connectivity index (χ1) is 9.29. The van der Waals surface area contributed by atoms with Crippen LogP contribution in [0.1, 0.15) is 28.9 Å². The van der Waals surface area contributed by atoms with Crippen molar-refractivity contribution in [2.24, 2.45) is 11.7 Å². The Bertz CT molecular complexity index is 526. The lowest BCUT2D eigenvalue weighted by molar-refractivity contribution is -0.137. The lowest BCUT2D eigenvalue weighted by Gasteiger charge is -2.16. The topological polar surface area (TPSA) is 68.0 Å². The van der Waals surface area contributed by atoms with Crippen LogP contribution in [0.5, 0.6) is 0 Å². The number of rotatable bonds is 4. The molecule has 0 aromatic carbocycles. The van der Waals surface area contributed by atoms with Crippen molar-refractivity contribution >= 4 is 23.1 Å². The normalized spacial score (nSPS) is 16.6. The van der Waals surface area contributed by atoms with Crippen LogP contribution < -0.4 is 11.1 Å². The van der Waals surface area contributed by atoms with Gasteiger partial charge in [0.1, 0.15) is 5.69 Å². The van der Waals surface area contributed by atoms with Gasteiger partial charge in [0.2, 0.25) is 0 Å². The molecule has 1 atom stereocenters. The molecule has 1 aromatic rings. The van der Waals surface area contributed by atoms with Crippen molar-refractivity contribution in [3.8, 4) is 0 Å². The van der Waals surface area contributed by atoms with E-state index < -0.39 is 23.7 Å². The summed E-state index contributed by atoms with van der Waals surface area (Å²) < 4.78 is 37.1. The number of pyridine rings is 1. The molecule has 1 heterocycles. The van der Waals surface area contributed by atoms with Crippen molar-refractivity contribution in [1.82, 2.24) is 10.3 Å². The Hall–Kier alpha value is -1.70.